The zero-order valence-corrected chi connectivity index (χ0v) is 10.5. The lowest BCUT2D eigenvalue weighted by Gasteiger charge is -2.39. The monoisotopic (exact) mass is 212 g/mol. The largest absolute Gasteiger partial charge is 0.329 e. The summed E-state index contributed by atoms with van der Waals surface area (Å²) in [6.07, 6.45) is 9.63. The highest BCUT2D eigenvalue weighted by Gasteiger charge is 2.24. The minimum absolute atomic E-state index is 0.761. The van der Waals surface area contributed by atoms with E-state index in [0.717, 1.165) is 25.2 Å². The predicted octanol–water partition coefficient (Wildman–Crippen LogP) is 2.77. The van der Waals surface area contributed by atoms with E-state index in [1.54, 1.807) is 0 Å². The highest BCUT2D eigenvalue weighted by molar-refractivity contribution is 4.80. The molecule has 1 aliphatic carbocycles. The van der Waals surface area contributed by atoms with Crippen LogP contribution >= 0.6 is 0 Å². The molecule has 15 heavy (non-hydrogen) atoms. The van der Waals surface area contributed by atoms with Crippen molar-refractivity contribution in [1.82, 2.24) is 4.90 Å². The molecular formula is C13H28N2. The fraction of sp³-hybridized carbons (Fsp3) is 1.00. The highest BCUT2D eigenvalue weighted by Crippen LogP contribution is 2.25. The van der Waals surface area contributed by atoms with Crippen LogP contribution in [0.15, 0.2) is 0 Å². The van der Waals surface area contributed by atoms with E-state index < -0.39 is 0 Å². The zero-order chi connectivity index (χ0) is 11.1. The fourth-order valence-corrected chi connectivity index (χ4v) is 2.98. The van der Waals surface area contributed by atoms with E-state index in [1.807, 2.05) is 0 Å². The molecule has 0 amide bonds. The molecule has 1 rings (SSSR count). The van der Waals surface area contributed by atoms with E-state index in [1.165, 1.54) is 44.9 Å². The van der Waals surface area contributed by atoms with Gasteiger partial charge in [-0.2, -0.15) is 0 Å². The van der Waals surface area contributed by atoms with Gasteiger partial charge < -0.3 is 5.73 Å². The molecule has 0 radical (unpaired) electrons. The quantitative estimate of drug-likeness (QED) is 0.733. The molecule has 1 saturated carbocycles. The van der Waals surface area contributed by atoms with Crippen molar-refractivity contribution in [3.05, 3.63) is 0 Å². The SMILES string of the molecule is CCC(CC)N(CCN)C1CCCCC1. The number of nitrogens with zero attached hydrogens (tertiary/aromatic N) is 1. The van der Waals surface area contributed by atoms with E-state index in [0.29, 0.717) is 0 Å². The Kier molecular flexibility index (Phi) is 6.26. The average Bonchev–Trinajstić information content (AvgIpc) is 2.30. The maximum atomic E-state index is 5.74. The molecule has 0 bridgehead atoms. The molecule has 0 aliphatic heterocycles. The molecule has 90 valence electrons. The molecule has 0 spiro atoms. The molecule has 0 aromatic heterocycles. The third-order valence-electron chi connectivity index (χ3n) is 3.84. The van der Waals surface area contributed by atoms with Gasteiger partial charge in [-0.15, -0.1) is 0 Å². The summed E-state index contributed by atoms with van der Waals surface area (Å²) in [5.74, 6) is 0. The van der Waals surface area contributed by atoms with Gasteiger partial charge in [-0.3, -0.25) is 4.90 Å². The Bertz CT molecular complexity index is 149. The van der Waals surface area contributed by atoms with Gasteiger partial charge in [0.15, 0.2) is 0 Å². The lowest BCUT2D eigenvalue weighted by molar-refractivity contribution is 0.102. The first-order valence-electron chi connectivity index (χ1n) is 6.79. The first-order valence-corrected chi connectivity index (χ1v) is 6.79. The Hall–Kier alpha value is -0.0800. The van der Waals surface area contributed by atoms with Crippen LogP contribution in [0.5, 0.6) is 0 Å². The third-order valence-corrected chi connectivity index (χ3v) is 3.84. The Morgan fingerprint density at radius 1 is 1.13 bits per heavy atom. The standard InChI is InChI=1S/C13H28N2/c1-3-12(4-2)15(11-10-14)13-8-6-5-7-9-13/h12-13H,3-11,14H2,1-2H3. The van der Waals surface area contributed by atoms with E-state index in [-0.39, 0.29) is 0 Å². The van der Waals surface area contributed by atoms with Gasteiger partial charge in [-0.05, 0) is 25.7 Å². The van der Waals surface area contributed by atoms with Crippen molar-refractivity contribution < 1.29 is 0 Å². The van der Waals surface area contributed by atoms with Crippen LogP contribution in [0, 0.1) is 0 Å². The fourth-order valence-electron chi connectivity index (χ4n) is 2.98. The van der Waals surface area contributed by atoms with Gasteiger partial charge in [0.25, 0.3) is 0 Å². The van der Waals surface area contributed by atoms with Crippen LogP contribution in [0.4, 0.5) is 0 Å². The second kappa shape index (κ2) is 7.24. The molecule has 0 heterocycles. The van der Waals surface area contributed by atoms with Gasteiger partial charge in [-0.25, -0.2) is 0 Å². The average molecular weight is 212 g/mol. The van der Waals surface area contributed by atoms with Gasteiger partial charge in [0.1, 0.15) is 0 Å². The lowest BCUT2D eigenvalue weighted by atomic mass is 9.92. The van der Waals surface area contributed by atoms with Crippen LogP contribution in [-0.4, -0.2) is 30.1 Å². The summed E-state index contributed by atoms with van der Waals surface area (Å²) in [6, 6.07) is 1.59. The predicted molar refractivity (Wildman–Crippen MR) is 67.0 cm³/mol. The van der Waals surface area contributed by atoms with Crippen LogP contribution in [0.2, 0.25) is 0 Å². The van der Waals surface area contributed by atoms with Crippen molar-refractivity contribution in [3.8, 4) is 0 Å². The minimum atomic E-state index is 0.761. The Balaban J connectivity index is 2.53. The van der Waals surface area contributed by atoms with Gasteiger partial charge in [0.05, 0.1) is 0 Å². The Morgan fingerprint density at radius 2 is 1.73 bits per heavy atom. The van der Waals surface area contributed by atoms with Gasteiger partial charge in [-0.1, -0.05) is 33.1 Å². The van der Waals surface area contributed by atoms with Crippen LogP contribution in [-0.2, 0) is 0 Å². The summed E-state index contributed by atoms with van der Waals surface area (Å²) in [6.45, 7) is 6.52. The van der Waals surface area contributed by atoms with Crippen molar-refractivity contribution >= 4 is 0 Å². The number of rotatable bonds is 6. The topological polar surface area (TPSA) is 29.3 Å². The molecule has 2 heteroatoms. The second-order valence-corrected chi connectivity index (χ2v) is 4.79. The maximum absolute atomic E-state index is 5.74. The summed E-state index contributed by atoms with van der Waals surface area (Å²) >= 11 is 0. The van der Waals surface area contributed by atoms with Crippen molar-refractivity contribution in [1.29, 1.82) is 0 Å². The number of hydrogen-bond donors (Lipinski definition) is 1. The molecular weight excluding hydrogens is 184 g/mol. The lowest BCUT2D eigenvalue weighted by Crippen LogP contribution is -2.46. The summed E-state index contributed by atoms with van der Waals surface area (Å²) in [5.41, 5.74) is 5.74. The third kappa shape index (κ3) is 3.76. The van der Waals surface area contributed by atoms with E-state index in [2.05, 4.69) is 18.7 Å². The molecule has 1 fully saturated rings. The van der Waals surface area contributed by atoms with Crippen molar-refractivity contribution in [3.63, 3.8) is 0 Å². The van der Waals surface area contributed by atoms with Crippen molar-refractivity contribution in [2.24, 2.45) is 5.73 Å². The van der Waals surface area contributed by atoms with Crippen LogP contribution in [0.25, 0.3) is 0 Å². The molecule has 0 aromatic carbocycles. The van der Waals surface area contributed by atoms with Crippen molar-refractivity contribution in [2.45, 2.75) is 70.9 Å². The second-order valence-electron chi connectivity index (χ2n) is 4.79. The van der Waals surface area contributed by atoms with Crippen LogP contribution in [0.1, 0.15) is 58.8 Å². The maximum Gasteiger partial charge on any atom is 0.0110 e. The highest BCUT2D eigenvalue weighted by atomic mass is 15.2. The van der Waals surface area contributed by atoms with Gasteiger partial charge in [0.2, 0.25) is 0 Å². The Labute approximate surface area is 95.2 Å². The van der Waals surface area contributed by atoms with Gasteiger partial charge >= 0.3 is 0 Å². The minimum Gasteiger partial charge on any atom is -0.329 e. The summed E-state index contributed by atoms with van der Waals surface area (Å²) < 4.78 is 0. The molecule has 1 aliphatic rings. The number of nitrogens with two attached hydrogens (primary N) is 1. The molecule has 0 atom stereocenters. The summed E-state index contributed by atoms with van der Waals surface area (Å²) in [5, 5.41) is 0. The first-order chi connectivity index (χ1) is 7.33. The number of hydrogen-bond acceptors (Lipinski definition) is 2. The molecule has 0 aromatic rings. The van der Waals surface area contributed by atoms with E-state index in [4.69, 9.17) is 5.73 Å². The normalized spacial score (nSPS) is 19.0. The van der Waals surface area contributed by atoms with Crippen molar-refractivity contribution in [2.75, 3.05) is 13.1 Å². The van der Waals surface area contributed by atoms with E-state index in [9.17, 15) is 0 Å². The van der Waals surface area contributed by atoms with Crippen LogP contribution in [0.3, 0.4) is 0 Å². The molecule has 2 N–H and O–H groups in total. The first kappa shape index (κ1) is 13.0. The Morgan fingerprint density at radius 3 is 2.20 bits per heavy atom. The van der Waals surface area contributed by atoms with Gasteiger partial charge in [0, 0.05) is 25.2 Å². The zero-order valence-electron chi connectivity index (χ0n) is 10.5. The smallest absolute Gasteiger partial charge is 0.0110 e. The molecule has 2 nitrogen and oxygen atoms in total. The molecule has 0 unspecified atom stereocenters. The summed E-state index contributed by atoms with van der Waals surface area (Å²) in [7, 11) is 0. The molecule has 0 saturated heterocycles. The van der Waals surface area contributed by atoms with E-state index >= 15 is 0 Å². The van der Waals surface area contributed by atoms with Crippen LogP contribution < -0.4 is 5.73 Å². The summed E-state index contributed by atoms with van der Waals surface area (Å²) in [4.78, 5) is 2.69.